The Morgan fingerprint density at radius 2 is 1.72 bits per heavy atom. The van der Waals surface area contributed by atoms with Gasteiger partial charge in [0.25, 0.3) is 0 Å². The van der Waals surface area contributed by atoms with Crippen molar-refractivity contribution < 1.29 is 0 Å². The fourth-order valence-corrected chi connectivity index (χ4v) is 4.36. The summed E-state index contributed by atoms with van der Waals surface area (Å²) in [5.41, 5.74) is 6.75. The summed E-state index contributed by atoms with van der Waals surface area (Å²) in [5.74, 6) is 1.19. The van der Waals surface area contributed by atoms with Crippen molar-refractivity contribution in [2.75, 3.05) is 18.4 Å². The lowest BCUT2D eigenvalue weighted by molar-refractivity contribution is 0.293. The molecule has 0 saturated carbocycles. The Morgan fingerprint density at radius 3 is 2.48 bits per heavy atom. The second-order valence-electron chi connectivity index (χ2n) is 7.65. The molecule has 1 fully saturated rings. The van der Waals surface area contributed by atoms with E-state index in [1.807, 2.05) is 0 Å². The number of aryl methyl sites for hydroxylation is 2. The number of rotatable bonds is 2. The number of hydrogen-bond donors (Lipinski definition) is 2. The Balaban J connectivity index is 1.67. The number of hydrogen-bond acceptors (Lipinski definition) is 2. The monoisotopic (exact) mass is 333 g/mol. The van der Waals surface area contributed by atoms with Gasteiger partial charge in [0.15, 0.2) is 0 Å². The van der Waals surface area contributed by atoms with Gasteiger partial charge in [0, 0.05) is 11.1 Å². The van der Waals surface area contributed by atoms with E-state index in [2.05, 4.69) is 66.9 Å². The zero-order valence-electron chi connectivity index (χ0n) is 15.2. The largest absolute Gasteiger partial charge is 0.343 e. The average Bonchev–Trinajstić information content (AvgIpc) is 2.60. The predicted octanol–water partition coefficient (Wildman–Crippen LogP) is 4.24. The van der Waals surface area contributed by atoms with Crippen LogP contribution in [-0.4, -0.2) is 18.9 Å². The molecule has 0 radical (unpaired) electrons. The molecule has 0 unspecified atom stereocenters. The summed E-state index contributed by atoms with van der Waals surface area (Å²) in [4.78, 5) is 5.09. The van der Waals surface area contributed by atoms with Crippen molar-refractivity contribution in [2.45, 2.75) is 39.7 Å². The van der Waals surface area contributed by atoms with Crippen molar-refractivity contribution in [1.82, 2.24) is 5.32 Å². The number of benzene rings is 2. The highest BCUT2D eigenvalue weighted by molar-refractivity contribution is 6.02. The minimum absolute atomic E-state index is 0.165. The SMILES string of the molecule is Cc1cc(C)cc(CN=C2Nc3ccccc3CC23CCNCC3)c1. The van der Waals surface area contributed by atoms with Crippen molar-refractivity contribution in [3.05, 3.63) is 64.7 Å². The normalized spacial score (nSPS) is 20.3. The lowest BCUT2D eigenvalue weighted by Gasteiger charge is -2.42. The van der Waals surface area contributed by atoms with Crippen LogP contribution in [0.3, 0.4) is 0 Å². The molecule has 2 N–H and O–H groups in total. The van der Waals surface area contributed by atoms with Gasteiger partial charge in [-0.3, -0.25) is 4.99 Å². The molecule has 4 rings (SSSR count). The minimum Gasteiger partial charge on any atom is -0.343 e. The average molecular weight is 333 g/mol. The standard InChI is InChI=1S/C22H27N3/c1-16-11-17(2)13-18(12-16)15-24-21-22(7-9-23-10-8-22)14-19-5-3-4-6-20(19)25-21/h3-6,11-13,23H,7-10,14-15H2,1-2H3,(H,24,25). The molecule has 25 heavy (non-hydrogen) atoms. The molecule has 3 nitrogen and oxygen atoms in total. The van der Waals surface area contributed by atoms with Gasteiger partial charge in [0.2, 0.25) is 0 Å². The summed E-state index contributed by atoms with van der Waals surface area (Å²) in [6.45, 7) is 7.22. The van der Waals surface area contributed by atoms with Crippen LogP contribution in [0, 0.1) is 19.3 Å². The molecule has 130 valence electrons. The van der Waals surface area contributed by atoms with Gasteiger partial charge < -0.3 is 10.6 Å². The van der Waals surface area contributed by atoms with Crippen molar-refractivity contribution >= 4 is 11.5 Å². The van der Waals surface area contributed by atoms with Crippen LogP contribution >= 0.6 is 0 Å². The van der Waals surface area contributed by atoms with E-state index in [0.717, 1.165) is 38.9 Å². The number of anilines is 1. The van der Waals surface area contributed by atoms with Gasteiger partial charge in [-0.1, -0.05) is 47.5 Å². The molecule has 2 aliphatic rings. The fourth-order valence-electron chi connectivity index (χ4n) is 4.36. The lowest BCUT2D eigenvalue weighted by atomic mass is 9.71. The number of para-hydroxylation sites is 1. The molecule has 0 bridgehead atoms. The van der Waals surface area contributed by atoms with E-state index in [4.69, 9.17) is 4.99 Å². The summed E-state index contributed by atoms with van der Waals surface area (Å²) in [7, 11) is 0. The Bertz CT molecular complexity index is 780. The summed E-state index contributed by atoms with van der Waals surface area (Å²) >= 11 is 0. The second kappa shape index (κ2) is 6.64. The van der Waals surface area contributed by atoms with Gasteiger partial charge in [0.05, 0.1) is 6.54 Å². The third-order valence-corrected chi connectivity index (χ3v) is 5.56. The van der Waals surface area contributed by atoms with Gasteiger partial charge in [-0.2, -0.15) is 0 Å². The van der Waals surface area contributed by atoms with Gasteiger partial charge in [-0.05, 0) is 63.4 Å². The van der Waals surface area contributed by atoms with E-state index >= 15 is 0 Å². The van der Waals surface area contributed by atoms with E-state index in [1.54, 1.807) is 0 Å². The van der Waals surface area contributed by atoms with E-state index in [-0.39, 0.29) is 5.41 Å². The third-order valence-electron chi connectivity index (χ3n) is 5.56. The van der Waals surface area contributed by atoms with Crippen LogP contribution in [0.15, 0.2) is 47.5 Å². The number of piperidine rings is 1. The van der Waals surface area contributed by atoms with E-state index in [1.165, 1.54) is 33.8 Å². The summed E-state index contributed by atoms with van der Waals surface area (Å²) in [6.07, 6.45) is 3.41. The van der Waals surface area contributed by atoms with Crippen molar-refractivity contribution in [2.24, 2.45) is 10.4 Å². The second-order valence-corrected chi connectivity index (χ2v) is 7.65. The first-order valence-corrected chi connectivity index (χ1v) is 9.32. The minimum atomic E-state index is 0.165. The summed E-state index contributed by atoms with van der Waals surface area (Å²) < 4.78 is 0. The molecule has 1 saturated heterocycles. The van der Waals surface area contributed by atoms with Gasteiger partial charge in [0.1, 0.15) is 5.84 Å². The van der Waals surface area contributed by atoms with Crippen LogP contribution in [0.4, 0.5) is 5.69 Å². The lowest BCUT2D eigenvalue weighted by Crippen LogP contribution is -2.48. The highest BCUT2D eigenvalue weighted by Crippen LogP contribution is 2.40. The highest BCUT2D eigenvalue weighted by Gasteiger charge is 2.40. The number of fused-ring (bicyclic) bond motifs is 1. The highest BCUT2D eigenvalue weighted by atomic mass is 15.0. The van der Waals surface area contributed by atoms with Crippen molar-refractivity contribution in [3.8, 4) is 0 Å². The fraction of sp³-hybridized carbons (Fsp3) is 0.409. The molecule has 1 spiro atoms. The van der Waals surface area contributed by atoms with Crippen LogP contribution in [0.1, 0.15) is 35.1 Å². The van der Waals surface area contributed by atoms with Crippen LogP contribution in [0.25, 0.3) is 0 Å². The summed E-state index contributed by atoms with van der Waals surface area (Å²) in [6, 6.07) is 15.4. The van der Waals surface area contributed by atoms with E-state index < -0.39 is 0 Å². The quantitative estimate of drug-likeness (QED) is 0.862. The number of nitrogens with one attached hydrogen (secondary N) is 2. The maximum absolute atomic E-state index is 5.09. The van der Waals surface area contributed by atoms with E-state index in [9.17, 15) is 0 Å². The Kier molecular flexibility index (Phi) is 4.34. The molecule has 0 aliphatic carbocycles. The zero-order valence-corrected chi connectivity index (χ0v) is 15.2. The first-order chi connectivity index (χ1) is 12.1. The number of amidine groups is 1. The predicted molar refractivity (Wildman–Crippen MR) is 105 cm³/mol. The van der Waals surface area contributed by atoms with Crippen molar-refractivity contribution in [1.29, 1.82) is 0 Å². The van der Waals surface area contributed by atoms with Gasteiger partial charge in [-0.25, -0.2) is 0 Å². The first-order valence-electron chi connectivity index (χ1n) is 9.32. The maximum Gasteiger partial charge on any atom is 0.108 e. The van der Waals surface area contributed by atoms with Crippen LogP contribution in [0.2, 0.25) is 0 Å². The number of aliphatic imine (C=N–C) groups is 1. The van der Waals surface area contributed by atoms with Gasteiger partial charge >= 0.3 is 0 Å². The Hall–Kier alpha value is -2.13. The maximum atomic E-state index is 5.09. The topological polar surface area (TPSA) is 36.4 Å². The van der Waals surface area contributed by atoms with Crippen LogP contribution < -0.4 is 10.6 Å². The molecule has 2 heterocycles. The molecular formula is C22H27N3. The first kappa shape index (κ1) is 16.3. The molecule has 0 atom stereocenters. The molecule has 2 aromatic carbocycles. The zero-order chi connectivity index (χ0) is 17.3. The number of nitrogens with zero attached hydrogens (tertiary/aromatic N) is 1. The Labute approximate surface area is 150 Å². The molecular weight excluding hydrogens is 306 g/mol. The molecule has 2 aliphatic heterocycles. The molecule has 0 aromatic heterocycles. The molecule has 0 amide bonds. The molecule has 3 heteroatoms. The third kappa shape index (κ3) is 3.34. The van der Waals surface area contributed by atoms with Crippen molar-refractivity contribution in [3.63, 3.8) is 0 Å². The smallest absolute Gasteiger partial charge is 0.108 e. The van der Waals surface area contributed by atoms with E-state index in [0.29, 0.717) is 0 Å². The van der Waals surface area contributed by atoms with Crippen LogP contribution in [0.5, 0.6) is 0 Å². The summed E-state index contributed by atoms with van der Waals surface area (Å²) in [5, 5.41) is 7.19. The molecule has 2 aromatic rings. The van der Waals surface area contributed by atoms with Gasteiger partial charge in [-0.15, -0.1) is 0 Å². The van der Waals surface area contributed by atoms with Crippen LogP contribution in [-0.2, 0) is 13.0 Å². The Morgan fingerprint density at radius 1 is 1.00 bits per heavy atom.